The van der Waals surface area contributed by atoms with E-state index in [1.54, 1.807) is 0 Å². The van der Waals surface area contributed by atoms with Crippen molar-refractivity contribution in [3.05, 3.63) is 41.0 Å². The zero-order valence-electron chi connectivity index (χ0n) is 11.7. The molecule has 0 atom stereocenters. The van der Waals surface area contributed by atoms with Gasteiger partial charge in [-0.15, -0.1) is 0 Å². The predicted octanol–water partition coefficient (Wildman–Crippen LogP) is 3.17. The summed E-state index contributed by atoms with van der Waals surface area (Å²) in [7, 11) is 0. The maximum atomic E-state index is 11.8. The fourth-order valence-corrected chi connectivity index (χ4v) is 1.51. The van der Waals surface area contributed by atoms with Crippen LogP contribution in [0, 0.1) is 0 Å². The largest absolute Gasteiger partial charge is 0.478 e. The fraction of sp³-hybridized carbons (Fsp3) is 0.333. The molecule has 4 heteroatoms. The first-order valence-corrected chi connectivity index (χ1v) is 6.15. The maximum Gasteiger partial charge on any atom is 0.331 e. The van der Waals surface area contributed by atoms with Crippen LogP contribution in [0.5, 0.6) is 0 Å². The number of carbonyl (C=O) groups is 2. The smallest absolute Gasteiger partial charge is 0.331 e. The summed E-state index contributed by atoms with van der Waals surface area (Å²) in [6.07, 6.45) is 0. The highest BCUT2D eigenvalue weighted by atomic mass is 16.4. The molecule has 0 saturated carbocycles. The van der Waals surface area contributed by atoms with E-state index < -0.39 is 11.9 Å². The number of carbonyl (C=O) groups excluding carboxylic acids is 1. The zero-order valence-corrected chi connectivity index (χ0v) is 11.7. The predicted molar refractivity (Wildman–Crippen MR) is 75.2 cm³/mol. The number of benzene rings is 1. The van der Waals surface area contributed by atoms with Gasteiger partial charge < -0.3 is 10.4 Å². The van der Waals surface area contributed by atoms with Crippen LogP contribution >= 0.6 is 0 Å². The van der Waals surface area contributed by atoms with Crippen molar-refractivity contribution in [2.75, 3.05) is 5.32 Å². The van der Waals surface area contributed by atoms with E-state index in [1.165, 1.54) is 19.4 Å². The van der Waals surface area contributed by atoms with Gasteiger partial charge in [0.15, 0.2) is 0 Å². The molecule has 19 heavy (non-hydrogen) atoms. The summed E-state index contributed by atoms with van der Waals surface area (Å²) in [4.78, 5) is 22.6. The molecule has 0 bridgehead atoms. The summed E-state index contributed by atoms with van der Waals surface area (Å²) < 4.78 is 0. The minimum atomic E-state index is -1.08. The van der Waals surface area contributed by atoms with Gasteiger partial charge in [0.2, 0.25) is 0 Å². The van der Waals surface area contributed by atoms with Gasteiger partial charge >= 0.3 is 5.97 Å². The number of rotatable bonds is 4. The SMILES string of the molecule is CC(C(=O)O)=C(C)C(=O)Nc1ccc(C(C)C)cc1. The monoisotopic (exact) mass is 261 g/mol. The Morgan fingerprint density at radius 2 is 1.58 bits per heavy atom. The van der Waals surface area contributed by atoms with Gasteiger partial charge in [0, 0.05) is 16.8 Å². The zero-order chi connectivity index (χ0) is 14.6. The third-order valence-electron chi connectivity index (χ3n) is 3.06. The van der Waals surface area contributed by atoms with E-state index in [-0.39, 0.29) is 11.1 Å². The van der Waals surface area contributed by atoms with E-state index in [0.717, 1.165) is 0 Å². The number of amides is 1. The second-order valence-corrected chi connectivity index (χ2v) is 4.79. The van der Waals surface area contributed by atoms with E-state index in [4.69, 9.17) is 5.11 Å². The molecule has 0 heterocycles. The van der Waals surface area contributed by atoms with Gasteiger partial charge in [0.1, 0.15) is 0 Å². The maximum absolute atomic E-state index is 11.8. The van der Waals surface area contributed by atoms with Gasteiger partial charge in [-0.25, -0.2) is 4.79 Å². The standard InChI is InChI=1S/C15H19NO3/c1-9(2)12-5-7-13(8-6-12)16-14(17)10(3)11(4)15(18)19/h5-9H,1-4H3,(H,16,17)(H,18,19). The van der Waals surface area contributed by atoms with Crippen LogP contribution in [0.25, 0.3) is 0 Å². The lowest BCUT2D eigenvalue weighted by Gasteiger charge is -2.09. The average molecular weight is 261 g/mol. The average Bonchev–Trinajstić information content (AvgIpc) is 2.37. The highest BCUT2D eigenvalue weighted by Crippen LogP contribution is 2.17. The Balaban J connectivity index is 2.83. The van der Waals surface area contributed by atoms with Crippen molar-refractivity contribution in [1.82, 2.24) is 0 Å². The number of anilines is 1. The number of carboxylic acid groups (broad SMARTS) is 1. The molecular weight excluding hydrogens is 242 g/mol. The first-order valence-electron chi connectivity index (χ1n) is 6.15. The summed E-state index contributed by atoms with van der Waals surface area (Å²) in [6, 6.07) is 7.53. The van der Waals surface area contributed by atoms with Crippen molar-refractivity contribution in [2.45, 2.75) is 33.6 Å². The third-order valence-corrected chi connectivity index (χ3v) is 3.06. The molecule has 1 aromatic carbocycles. The Hall–Kier alpha value is -2.10. The molecule has 0 radical (unpaired) electrons. The number of hydrogen-bond acceptors (Lipinski definition) is 2. The van der Waals surface area contributed by atoms with Gasteiger partial charge in [0.05, 0.1) is 0 Å². The van der Waals surface area contributed by atoms with Crippen molar-refractivity contribution >= 4 is 17.6 Å². The summed E-state index contributed by atoms with van der Waals surface area (Å²) >= 11 is 0. The van der Waals surface area contributed by atoms with E-state index in [1.807, 2.05) is 24.3 Å². The molecule has 0 aromatic heterocycles. The molecule has 1 rings (SSSR count). The summed E-state index contributed by atoms with van der Waals surface area (Å²) in [5, 5.41) is 11.5. The molecule has 0 aliphatic carbocycles. The Kier molecular flexibility index (Phi) is 4.87. The lowest BCUT2D eigenvalue weighted by molar-refractivity contribution is -0.133. The van der Waals surface area contributed by atoms with Gasteiger partial charge in [0.25, 0.3) is 5.91 Å². The second kappa shape index (κ2) is 6.18. The van der Waals surface area contributed by atoms with Crippen molar-refractivity contribution in [3.8, 4) is 0 Å². The minimum absolute atomic E-state index is 0.0521. The highest BCUT2D eigenvalue weighted by Gasteiger charge is 2.12. The van der Waals surface area contributed by atoms with Crippen LogP contribution in [-0.4, -0.2) is 17.0 Å². The van der Waals surface area contributed by atoms with Gasteiger partial charge in [-0.3, -0.25) is 4.79 Å². The molecule has 0 aliphatic heterocycles. The molecule has 0 unspecified atom stereocenters. The van der Waals surface area contributed by atoms with Crippen LogP contribution in [0.4, 0.5) is 5.69 Å². The number of hydrogen-bond donors (Lipinski definition) is 2. The Labute approximate surface area is 113 Å². The highest BCUT2D eigenvalue weighted by molar-refractivity contribution is 6.08. The van der Waals surface area contributed by atoms with Crippen LogP contribution in [0.1, 0.15) is 39.2 Å². The van der Waals surface area contributed by atoms with E-state index >= 15 is 0 Å². The van der Waals surface area contributed by atoms with E-state index in [2.05, 4.69) is 19.2 Å². The lowest BCUT2D eigenvalue weighted by Crippen LogP contribution is -2.16. The summed E-state index contributed by atoms with van der Waals surface area (Å²) in [5.74, 6) is -1.04. The molecule has 1 amide bonds. The second-order valence-electron chi connectivity index (χ2n) is 4.79. The van der Waals surface area contributed by atoms with Crippen LogP contribution in [0.15, 0.2) is 35.4 Å². The lowest BCUT2D eigenvalue weighted by atomic mass is 10.0. The molecule has 102 valence electrons. The van der Waals surface area contributed by atoms with Crippen LogP contribution in [0.3, 0.4) is 0 Å². The fourth-order valence-electron chi connectivity index (χ4n) is 1.51. The Bertz CT molecular complexity index is 513. The molecule has 0 fully saturated rings. The quantitative estimate of drug-likeness (QED) is 0.818. The number of aliphatic carboxylic acids is 1. The van der Waals surface area contributed by atoms with Gasteiger partial charge in [-0.1, -0.05) is 26.0 Å². The Morgan fingerprint density at radius 1 is 1.05 bits per heavy atom. The molecule has 1 aromatic rings. The summed E-state index contributed by atoms with van der Waals surface area (Å²) in [5.41, 5.74) is 2.11. The first kappa shape index (κ1) is 15.0. The van der Waals surface area contributed by atoms with E-state index in [0.29, 0.717) is 11.6 Å². The molecule has 2 N–H and O–H groups in total. The first-order chi connectivity index (χ1) is 8.82. The molecule has 0 spiro atoms. The molecular formula is C15H19NO3. The molecule has 0 aliphatic rings. The van der Waals surface area contributed by atoms with Gasteiger partial charge in [-0.2, -0.15) is 0 Å². The molecule has 0 saturated heterocycles. The third kappa shape index (κ3) is 3.95. The number of nitrogens with one attached hydrogen (secondary N) is 1. The minimum Gasteiger partial charge on any atom is -0.478 e. The van der Waals surface area contributed by atoms with Crippen molar-refractivity contribution in [1.29, 1.82) is 0 Å². The molecule has 4 nitrogen and oxygen atoms in total. The van der Waals surface area contributed by atoms with Gasteiger partial charge in [-0.05, 0) is 37.5 Å². The van der Waals surface area contributed by atoms with Crippen LogP contribution in [0.2, 0.25) is 0 Å². The number of carboxylic acids is 1. The van der Waals surface area contributed by atoms with E-state index in [9.17, 15) is 9.59 Å². The Morgan fingerprint density at radius 3 is 2.00 bits per heavy atom. The van der Waals surface area contributed by atoms with Crippen LogP contribution < -0.4 is 5.32 Å². The van der Waals surface area contributed by atoms with Crippen molar-refractivity contribution in [3.63, 3.8) is 0 Å². The topological polar surface area (TPSA) is 66.4 Å². The van der Waals surface area contributed by atoms with Crippen LogP contribution in [-0.2, 0) is 9.59 Å². The summed E-state index contributed by atoms with van der Waals surface area (Å²) in [6.45, 7) is 7.10. The van der Waals surface area contributed by atoms with Crippen molar-refractivity contribution in [2.24, 2.45) is 0 Å². The van der Waals surface area contributed by atoms with Crippen molar-refractivity contribution < 1.29 is 14.7 Å². The normalized spacial score (nSPS) is 12.1.